The van der Waals surface area contributed by atoms with Gasteiger partial charge < -0.3 is 25.1 Å². The fourth-order valence-electron chi connectivity index (χ4n) is 8.50. The van der Waals surface area contributed by atoms with Crippen LogP contribution < -0.4 is 0 Å². The number of aliphatic hydroxyl groups excluding tert-OH is 1. The van der Waals surface area contributed by atoms with E-state index in [1.807, 2.05) is 182 Å². The van der Waals surface area contributed by atoms with E-state index in [0.717, 1.165) is 73.0 Å². The van der Waals surface area contributed by atoms with Crippen LogP contribution in [0.4, 0.5) is 5.69 Å². The van der Waals surface area contributed by atoms with Gasteiger partial charge in [0, 0.05) is 82.5 Å². The molecule has 4 aromatic heterocycles. The van der Waals surface area contributed by atoms with Gasteiger partial charge in [-0.3, -0.25) is 9.78 Å². The Bertz CT molecular complexity index is 3920. The standard InChI is InChI=1S/C24H16N2.C18H16N.C15H10N.C11H8N.C5H8O2.2Ir.Pt/c1-2-10-20(11-3-1)22-13-4-5-15-24(22)26-18-19-9-8-12-21(17-19)23-14-6-7-16-25-23;1-12-8-13(2)10-16(9-12)18-14(3)17-7-5-4-6-15(17)11-19-18;1-2-6-12(7-3-1)15-10-13-8-4-5-9-14(13)11-16-15;1-2-6-10(7-3-1)11-8-4-5-9-12-11;1-4(6)3-5(2)7;;;/h1-10,12-16,18H;4-9,11H,1-3H3;1-6,8-11H;1-6,8-9H;3,6H,1-2H3;;;/q-2;3*-1;;;;+2. The number of carbonyl (C=O) groups excluding carboxylic acids is 1. The number of ketones is 1. The Morgan fingerprint density at radius 2 is 1.04 bits per heavy atom. The summed E-state index contributed by atoms with van der Waals surface area (Å²) in [4.78, 5) is 32.4. The Balaban J connectivity index is 0.000000198. The van der Waals surface area contributed by atoms with E-state index in [0.29, 0.717) is 0 Å². The molecule has 0 unspecified atom stereocenters. The average molecular weight is 1620 g/mol. The Labute approximate surface area is 529 Å². The molecule has 0 aliphatic heterocycles. The molecule has 1 N–H and O–H groups in total. The molecule has 0 aliphatic carbocycles. The molecule has 0 bridgehead atoms. The third-order valence-electron chi connectivity index (χ3n) is 12.1. The molecule has 418 valence electrons. The first-order chi connectivity index (χ1) is 39.1. The summed E-state index contributed by atoms with van der Waals surface area (Å²) in [5.41, 5.74) is 15.5. The number of allylic oxidation sites excluding steroid dienone is 2. The van der Waals surface area contributed by atoms with Gasteiger partial charge in [0.25, 0.3) is 0 Å². The summed E-state index contributed by atoms with van der Waals surface area (Å²) in [7, 11) is 0. The number of benzene rings is 8. The van der Waals surface area contributed by atoms with Gasteiger partial charge in [0.1, 0.15) is 0 Å². The van der Waals surface area contributed by atoms with Crippen LogP contribution in [0.2, 0.25) is 0 Å². The van der Waals surface area contributed by atoms with Crippen LogP contribution in [0.25, 0.3) is 77.7 Å². The number of hydrogen-bond donors (Lipinski definition) is 1. The summed E-state index contributed by atoms with van der Waals surface area (Å²) >= 11 is 0. The fourth-order valence-corrected chi connectivity index (χ4v) is 8.50. The normalized spacial score (nSPS) is 10.3. The molecule has 2 radical (unpaired) electrons. The minimum absolute atomic E-state index is 0. The molecule has 0 atom stereocenters. The summed E-state index contributed by atoms with van der Waals surface area (Å²) in [5.74, 6) is -0.0625. The SMILES string of the molecule is CC(=O)C=C(C)O.Cc1[c-]c(-c2ncc3ccccc3c2C)cc(C)c1.[Ir].[Ir].[Pt+2].[c-]1c(C=Nc2ccccc2-c2[c-]cccc2)cccc1-c1ccccn1.[c-]1ccccc1-c1cc2ccccc2cn1.[c-]1ccccc1-c1ccccn1. The zero-order chi connectivity index (χ0) is 55.9. The van der Waals surface area contributed by atoms with Gasteiger partial charge in [-0.25, -0.2) is 0 Å². The number of aliphatic imine (C=N–C) groups is 1. The molecular formula is C73H58Ir2N5O2Pt-3. The molecule has 10 heteroatoms. The zero-order valence-corrected chi connectivity index (χ0v) is 53.4. The Hall–Kier alpha value is -8.25. The molecule has 0 fully saturated rings. The van der Waals surface area contributed by atoms with E-state index in [4.69, 9.17) is 10.1 Å². The van der Waals surface area contributed by atoms with Crippen LogP contribution in [0.15, 0.2) is 260 Å². The molecule has 12 rings (SSSR count). The van der Waals surface area contributed by atoms with Gasteiger partial charge in [0.15, 0.2) is 5.78 Å². The van der Waals surface area contributed by atoms with E-state index < -0.39 is 0 Å². The van der Waals surface area contributed by atoms with Gasteiger partial charge in [0.05, 0.1) is 5.76 Å². The van der Waals surface area contributed by atoms with Crippen molar-refractivity contribution in [2.75, 3.05) is 0 Å². The second kappa shape index (κ2) is 34.3. The number of rotatable bonds is 8. The fraction of sp³-hybridized carbons (Fsp3) is 0.0685. The Kier molecular flexibility index (Phi) is 27.1. The topological polar surface area (TPSA) is 101 Å². The van der Waals surface area contributed by atoms with Gasteiger partial charge >= 0.3 is 21.1 Å². The summed E-state index contributed by atoms with van der Waals surface area (Å²) in [6.07, 6.45) is 10.4. The van der Waals surface area contributed by atoms with E-state index in [1.165, 1.54) is 52.6 Å². The summed E-state index contributed by atoms with van der Waals surface area (Å²) in [6.45, 7) is 9.17. The quantitative estimate of drug-likeness (QED) is 0.0704. The van der Waals surface area contributed by atoms with Crippen molar-refractivity contribution >= 4 is 39.2 Å². The molecule has 0 saturated heterocycles. The molecule has 0 amide bonds. The first-order valence-electron chi connectivity index (χ1n) is 26.0. The molecular weight excluding hydrogens is 1560 g/mol. The maximum absolute atomic E-state index is 10.0. The predicted molar refractivity (Wildman–Crippen MR) is 328 cm³/mol. The molecule has 83 heavy (non-hydrogen) atoms. The van der Waals surface area contributed by atoms with E-state index in [1.54, 1.807) is 12.4 Å². The largest absolute Gasteiger partial charge is 2.00 e. The van der Waals surface area contributed by atoms with Crippen molar-refractivity contribution in [3.05, 3.63) is 308 Å². The molecule has 4 heterocycles. The third kappa shape index (κ3) is 20.0. The second-order valence-corrected chi connectivity index (χ2v) is 18.4. The van der Waals surface area contributed by atoms with Crippen LogP contribution in [0, 0.1) is 51.1 Å². The summed E-state index contributed by atoms with van der Waals surface area (Å²) < 4.78 is 0. The number of carbonyl (C=O) groups is 1. The van der Waals surface area contributed by atoms with Gasteiger partial charge in [-0.2, -0.15) is 0 Å². The number of nitrogens with zero attached hydrogens (tertiary/aromatic N) is 5. The molecule has 0 saturated carbocycles. The number of aromatic nitrogens is 4. The monoisotopic (exact) mass is 1620 g/mol. The van der Waals surface area contributed by atoms with Crippen LogP contribution in [-0.2, 0) is 66.1 Å². The van der Waals surface area contributed by atoms with Gasteiger partial charge in [0.2, 0.25) is 0 Å². The third-order valence-corrected chi connectivity index (χ3v) is 12.1. The molecule has 0 spiro atoms. The van der Waals surface area contributed by atoms with Crippen molar-refractivity contribution in [3.8, 4) is 56.2 Å². The maximum atomic E-state index is 10.0. The molecule has 7 nitrogen and oxygen atoms in total. The van der Waals surface area contributed by atoms with Crippen molar-refractivity contribution in [3.63, 3.8) is 0 Å². The van der Waals surface area contributed by atoms with Crippen molar-refractivity contribution < 1.29 is 71.2 Å². The number of aliphatic hydroxyl groups is 1. The van der Waals surface area contributed by atoms with Gasteiger partial charge in [-0.05, 0) is 83.8 Å². The van der Waals surface area contributed by atoms with Crippen LogP contribution in [0.1, 0.15) is 36.1 Å². The number of aryl methyl sites for hydroxylation is 3. The van der Waals surface area contributed by atoms with E-state index in [9.17, 15) is 4.79 Å². The second-order valence-electron chi connectivity index (χ2n) is 18.4. The van der Waals surface area contributed by atoms with Crippen molar-refractivity contribution in [2.45, 2.75) is 34.6 Å². The average Bonchev–Trinajstić information content (AvgIpc) is 3.70. The van der Waals surface area contributed by atoms with Crippen LogP contribution in [0.5, 0.6) is 0 Å². The molecule has 0 aliphatic rings. The zero-order valence-electron chi connectivity index (χ0n) is 46.3. The summed E-state index contributed by atoms with van der Waals surface area (Å²) in [5, 5.41) is 13.2. The van der Waals surface area contributed by atoms with Gasteiger partial charge in [-0.1, -0.05) is 128 Å². The van der Waals surface area contributed by atoms with Crippen molar-refractivity contribution in [1.82, 2.24) is 19.9 Å². The van der Waals surface area contributed by atoms with Crippen LogP contribution >= 0.6 is 0 Å². The number of hydrogen-bond acceptors (Lipinski definition) is 7. The Morgan fingerprint density at radius 3 is 1.63 bits per heavy atom. The molecule has 12 aromatic rings. The Morgan fingerprint density at radius 1 is 0.494 bits per heavy atom. The van der Waals surface area contributed by atoms with E-state index in [-0.39, 0.29) is 72.8 Å². The molecule has 8 aromatic carbocycles. The van der Waals surface area contributed by atoms with Crippen molar-refractivity contribution in [2.24, 2.45) is 4.99 Å². The van der Waals surface area contributed by atoms with Crippen LogP contribution in [0.3, 0.4) is 0 Å². The first-order valence-corrected chi connectivity index (χ1v) is 26.0. The van der Waals surface area contributed by atoms with Crippen LogP contribution in [-0.4, -0.2) is 37.0 Å². The number of para-hydroxylation sites is 1. The first kappa shape index (κ1) is 65.6. The predicted octanol–water partition coefficient (Wildman–Crippen LogP) is 17.7. The number of fused-ring (bicyclic) bond motifs is 2. The van der Waals surface area contributed by atoms with E-state index in [2.05, 4.69) is 126 Å². The van der Waals surface area contributed by atoms with Gasteiger partial charge in [-0.15, -0.1) is 172 Å². The summed E-state index contributed by atoms with van der Waals surface area (Å²) in [6, 6.07) is 88.8. The van der Waals surface area contributed by atoms with E-state index >= 15 is 0 Å². The van der Waals surface area contributed by atoms with Crippen molar-refractivity contribution in [1.29, 1.82) is 0 Å². The smallest absolute Gasteiger partial charge is 0.512 e. The number of pyridine rings is 4. The maximum Gasteiger partial charge on any atom is 2.00 e. The minimum atomic E-state index is -0.125. The minimum Gasteiger partial charge on any atom is -0.512 e.